The van der Waals surface area contributed by atoms with Gasteiger partial charge in [0, 0.05) is 6.20 Å². The zero-order valence-corrected chi connectivity index (χ0v) is 11.1. The van der Waals surface area contributed by atoms with E-state index in [9.17, 15) is 4.79 Å². The van der Waals surface area contributed by atoms with Crippen LogP contribution in [0.15, 0.2) is 29.1 Å². The molecule has 2 N–H and O–H groups in total. The van der Waals surface area contributed by atoms with Crippen LogP contribution in [0.2, 0.25) is 5.02 Å². The minimum absolute atomic E-state index is 0.0666. The minimum atomic E-state index is -1.04. The first-order valence-corrected chi connectivity index (χ1v) is 6.57. The third kappa shape index (κ3) is 2.80. The maximum atomic E-state index is 10.8. The number of anilines is 1. The van der Waals surface area contributed by atoms with E-state index in [1.54, 1.807) is 11.3 Å². The molecule has 4 nitrogen and oxygen atoms in total. The van der Waals surface area contributed by atoms with Gasteiger partial charge in [0.25, 0.3) is 0 Å². The lowest BCUT2D eigenvalue weighted by Gasteiger charge is -2.14. The maximum Gasteiger partial charge on any atom is 0.337 e. The molecule has 0 aliphatic carbocycles. The topological polar surface area (TPSA) is 62.2 Å². The molecule has 0 fully saturated rings. The van der Waals surface area contributed by atoms with Gasteiger partial charge in [0.2, 0.25) is 0 Å². The van der Waals surface area contributed by atoms with Crippen LogP contribution in [0, 0.1) is 0 Å². The van der Waals surface area contributed by atoms with Crippen LogP contribution in [0.3, 0.4) is 0 Å². The molecule has 0 radical (unpaired) electrons. The van der Waals surface area contributed by atoms with Crippen LogP contribution < -0.4 is 5.32 Å². The molecular weight excluding hydrogens is 272 g/mol. The summed E-state index contributed by atoms with van der Waals surface area (Å²) < 4.78 is 0. The van der Waals surface area contributed by atoms with Crippen LogP contribution >= 0.6 is 22.9 Å². The lowest BCUT2D eigenvalue weighted by Crippen LogP contribution is -2.08. The first-order chi connectivity index (χ1) is 8.58. The number of thiophene rings is 1. The fraction of sp³-hybridized carbons (Fsp3) is 0.167. The second-order valence-corrected chi connectivity index (χ2v) is 4.97. The number of aromatic carboxylic acids is 1. The molecule has 94 valence electrons. The third-order valence-corrected chi connectivity index (χ3v) is 3.47. The van der Waals surface area contributed by atoms with Crippen LogP contribution in [-0.4, -0.2) is 16.1 Å². The van der Waals surface area contributed by atoms with E-state index >= 15 is 0 Å². The fourth-order valence-corrected chi connectivity index (χ4v) is 2.45. The molecule has 18 heavy (non-hydrogen) atoms. The first-order valence-electron chi connectivity index (χ1n) is 5.25. The Morgan fingerprint density at radius 3 is 2.94 bits per heavy atom. The number of aromatic nitrogens is 1. The van der Waals surface area contributed by atoms with E-state index in [-0.39, 0.29) is 11.6 Å². The number of hydrogen-bond donors (Lipinski definition) is 2. The van der Waals surface area contributed by atoms with Crippen LogP contribution in [0.1, 0.15) is 28.9 Å². The molecule has 0 bridgehead atoms. The molecule has 0 saturated carbocycles. The van der Waals surface area contributed by atoms with E-state index in [1.807, 2.05) is 23.8 Å². The number of hydrogen-bond acceptors (Lipinski definition) is 4. The van der Waals surface area contributed by atoms with Crippen LogP contribution in [-0.2, 0) is 0 Å². The fourth-order valence-electron chi connectivity index (χ4n) is 1.47. The Balaban J connectivity index is 2.17. The zero-order chi connectivity index (χ0) is 13.1. The van der Waals surface area contributed by atoms with E-state index in [4.69, 9.17) is 16.7 Å². The molecule has 6 heteroatoms. The third-order valence-electron chi connectivity index (χ3n) is 2.48. The van der Waals surface area contributed by atoms with E-state index in [1.165, 1.54) is 12.3 Å². The molecule has 1 unspecified atom stereocenters. The van der Waals surface area contributed by atoms with E-state index in [2.05, 4.69) is 10.3 Å². The molecule has 0 aromatic carbocycles. The number of carboxylic acids is 1. The molecular formula is C12H11ClN2O2S. The maximum absolute atomic E-state index is 10.8. The summed E-state index contributed by atoms with van der Waals surface area (Å²) in [6.07, 6.45) is 1.29. The highest BCUT2D eigenvalue weighted by Crippen LogP contribution is 2.25. The van der Waals surface area contributed by atoms with Gasteiger partial charge < -0.3 is 10.4 Å². The van der Waals surface area contributed by atoms with Crippen LogP contribution in [0.25, 0.3) is 0 Å². The lowest BCUT2D eigenvalue weighted by molar-refractivity contribution is 0.0696. The number of halogens is 1. The molecule has 0 amide bonds. The van der Waals surface area contributed by atoms with Crippen molar-refractivity contribution in [1.29, 1.82) is 0 Å². The minimum Gasteiger partial charge on any atom is -0.478 e. The molecule has 2 heterocycles. The van der Waals surface area contributed by atoms with Gasteiger partial charge in [-0.3, -0.25) is 0 Å². The van der Waals surface area contributed by atoms with Crippen LogP contribution in [0.5, 0.6) is 0 Å². The molecule has 2 aromatic heterocycles. The molecule has 0 spiro atoms. The molecule has 0 aliphatic rings. The summed E-state index contributed by atoms with van der Waals surface area (Å²) in [5.74, 6) is -0.554. The zero-order valence-electron chi connectivity index (χ0n) is 9.55. The molecule has 2 rings (SSSR count). The van der Waals surface area contributed by atoms with Gasteiger partial charge in [0.15, 0.2) is 0 Å². The van der Waals surface area contributed by atoms with Gasteiger partial charge in [-0.2, -0.15) is 11.3 Å². The van der Waals surface area contributed by atoms with Gasteiger partial charge in [-0.15, -0.1) is 0 Å². The van der Waals surface area contributed by atoms with Crippen molar-refractivity contribution in [3.8, 4) is 0 Å². The van der Waals surface area contributed by atoms with Crippen LogP contribution in [0.4, 0.5) is 5.82 Å². The SMILES string of the molecule is CC(Nc1ncc(C(=O)O)cc1Cl)c1ccsc1. The Morgan fingerprint density at radius 2 is 2.39 bits per heavy atom. The summed E-state index contributed by atoms with van der Waals surface area (Å²) in [6, 6.07) is 3.47. The van der Waals surface area contributed by atoms with Crippen molar-refractivity contribution in [2.75, 3.05) is 5.32 Å². The highest BCUT2D eigenvalue weighted by atomic mass is 35.5. The van der Waals surface area contributed by atoms with Gasteiger partial charge in [0.05, 0.1) is 16.6 Å². The highest BCUT2D eigenvalue weighted by molar-refractivity contribution is 7.08. The van der Waals surface area contributed by atoms with Crippen molar-refractivity contribution in [3.63, 3.8) is 0 Å². The first kappa shape index (κ1) is 12.9. The second kappa shape index (κ2) is 5.37. The summed E-state index contributed by atoms with van der Waals surface area (Å²) in [7, 11) is 0. The monoisotopic (exact) mass is 282 g/mol. The molecule has 1 atom stereocenters. The standard InChI is InChI=1S/C12H11ClN2O2S/c1-7(8-2-3-18-6-8)15-11-10(13)4-9(5-14-11)12(16)17/h2-7H,1H3,(H,14,15)(H,16,17). The molecule has 0 aliphatic heterocycles. The number of rotatable bonds is 4. The normalized spacial score (nSPS) is 12.1. The Labute approximate surface area is 113 Å². The summed E-state index contributed by atoms with van der Waals surface area (Å²) in [4.78, 5) is 14.8. The van der Waals surface area contributed by atoms with Crippen molar-refractivity contribution < 1.29 is 9.90 Å². The Hall–Kier alpha value is -1.59. The number of carboxylic acid groups (broad SMARTS) is 1. The summed E-state index contributed by atoms with van der Waals surface area (Å²) in [5.41, 5.74) is 1.22. The van der Waals surface area contributed by atoms with Crippen molar-refractivity contribution in [3.05, 3.63) is 45.2 Å². The van der Waals surface area contributed by atoms with Gasteiger partial charge in [-0.25, -0.2) is 9.78 Å². The average Bonchev–Trinajstić information content (AvgIpc) is 2.85. The van der Waals surface area contributed by atoms with Crippen molar-refractivity contribution in [2.24, 2.45) is 0 Å². The average molecular weight is 283 g/mol. The number of carbonyl (C=O) groups is 1. The smallest absolute Gasteiger partial charge is 0.337 e. The Morgan fingerprint density at radius 1 is 1.61 bits per heavy atom. The number of nitrogens with one attached hydrogen (secondary N) is 1. The second-order valence-electron chi connectivity index (χ2n) is 3.78. The van der Waals surface area contributed by atoms with Crippen molar-refractivity contribution in [1.82, 2.24) is 4.98 Å². The van der Waals surface area contributed by atoms with Crippen molar-refractivity contribution in [2.45, 2.75) is 13.0 Å². The van der Waals surface area contributed by atoms with E-state index < -0.39 is 5.97 Å². The predicted octanol–water partition coefficient (Wildman–Crippen LogP) is 3.67. The van der Waals surface area contributed by atoms with Gasteiger partial charge in [-0.1, -0.05) is 11.6 Å². The molecule has 2 aromatic rings. The van der Waals surface area contributed by atoms with Gasteiger partial charge >= 0.3 is 5.97 Å². The predicted molar refractivity (Wildman–Crippen MR) is 72.6 cm³/mol. The summed E-state index contributed by atoms with van der Waals surface area (Å²) in [6.45, 7) is 1.99. The largest absolute Gasteiger partial charge is 0.478 e. The van der Waals surface area contributed by atoms with E-state index in [0.717, 1.165) is 5.56 Å². The van der Waals surface area contributed by atoms with E-state index in [0.29, 0.717) is 10.8 Å². The van der Waals surface area contributed by atoms with Gasteiger partial charge in [-0.05, 0) is 35.4 Å². The Kier molecular flexibility index (Phi) is 3.84. The highest BCUT2D eigenvalue weighted by Gasteiger charge is 2.11. The van der Waals surface area contributed by atoms with Gasteiger partial charge in [0.1, 0.15) is 5.82 Å². The number of pyridine rings is 1. The quantitative estimate of drug-likeness (QED) is 0.898. The summed E-state index contributed by atoms with van der Waals surface area (Å²) in [5, 5.41) is 16.3. The molecule has 0 saturated heterocycles. The van der Waals surface area contributed by atoms with Crippen molar-refractivity contribution >= 4 is 34.7 Å². The summed E-state index contributed by atoms with van der Waals surface area (Å²) >= 11 is 7.61. The lowest BCUT2D eigenvalue weighted by atomic mass is 10.2. The Bertz CT molecular complexity index is 557. The number of nitrogens with zero attached hydrogens (tertiary/aromatic N) is 1.